The fourth-order valence-electron chi connectivity index (χ4n) is 1.58. The van der Waals surface area contributed by atoms with Gasteiger partial charge in [-0.2, -0.15) is 0 Å². The van der Waals surface area contributed by atoms with Gasteiger partial charge in [0.05, 0.1) is 13.5 Å². The SMILES string of the molecule is C=CCOc1ccc(C(=O)NNC(=S)NC(=O)CCC(=O)OC)cc1. The van der Waals surface area contributed by atoms with Crippen molar-refractivity contribution in [3.8, 4) is 5.75 Å². The Morgan fingerprint density at radius 1 is 1.16 bits per heavy atom. The first-order valence-electron chi connectivity index (χ1n) is 7.27. The Hall–Kier alpha value is -2.94. The summed E-state index contributed by atoms with van der Waals surface area (Å²) in [5.74, 6) is -0.803. The number of hydrogen-bond acceptors (Lipinski definition) is 6. The molecule has 0 aliphatic heterocycles. The van der Waals surface area contributed by atoms with E-state index in [4.69, 9.17) is 17.0 Å². The molecule has 0 aliphatic carbocycles. The molecule has 3 N–H and O–H groups in total. The number of carbonyl (C=O) groups excluding carboxylic acids is 3. The van der Waals surface area contributed by atoms with Crippen molar-refractivity contribution in [1.29, 1.82) is 0 Å². The van der Waals surface area contributed by atoms with E-state index in [1.165, 1.54) is 7.11 Å². The summed E-state index contributed by atoms with van der Waals surface area (Å²) in [5.41, 5.74) is 5.12. The quantitative estimate of drug-likeness (QED) is 0.285. The summed E-state index contributed by atoms with van der Waals surface area (Å²) in [5, 5.41) is 2.24. The number of hydrazine groups is 1. The minimum atomic E-state index is -0.497. The van der Waals surface area contributed by atoms with Gasteiger partial charge in [0.15, 0.2) is 5.11 Å². The van der Waals surface area contributed by atoms with Crippen molar-refractivity contribution >= 4 is 35.1 Å². The van der Waals surface area contributed by atoms with Gasteiger partial charge in [-0.15, -0.1) is 0 Å². The maximum absolute atomic E-state index is 12.0. The number of esters is 1. The first kappa shape index (κ1) is 20.1. The summed E-state index contributed by atoms with van der Waals surface area (Å²) in [6.45, 7) is 3.92. The zero-order valence-corrected chi connectivity index (χ0v) is 14.5. The lowest BCUT2D eigenvalue weighted by Gasteiger charge is -2.11. The molecule has 1 aromatic carbocycles. The lowest BCUT2D eigenvalue weighted by Crippen LogP contribution is -2.48. The molecule has 0 atom stereocenters. The first-order chi connectivity index (χ1) is 12.0. The second-order valence-corrected chi connectivity index (χ2v) is 5.06. The molecule has 8 nitrogen and oxygen atoms in total. The van der Waals surface area contributed by atoms with Gasteiger partial charge in [-0.3, -0.25) is 25.2 Å². The molecule has 0 unspecified atom stereocenters. The van der Waals surface area contributed by atoms with E-state index in [1.54, 1.807) is 30.3 Å². The van der Waals surface area contributed by atoms with E-state index in [9.17, 15) is 14.4 Å². The fourth-order valence-corrected chi connectivity index (χ4v) is 1.75. The van der Waals surface area contributed by atoms with Gasteiger partial charge in [0.25, 0.3) is 5.91 Å². The van der Waals surface area contributed by atoms with Gasteiger partial charge in [-0.1, -0.05) is 12.7 Å². The highest BCUT2D eigenvalue weighted by atomic mass is 32.1. The number of ether oxygens (including phenoxy) is 2. The topological polar surface area (TPSA) is 106 Å². The molecule has 2 amide bonds. The minimum absolute atomic E-state index is 0.0580. The van der Waals surface area contributed by atoms with Crippen molar-refractivity contribution in [3.63, 3.8) is 0 Å². The normalized spacial score (nSPS) is 9.48. The van der Waals surface area contributed by atoms with Crippen LogP contribution in [0.25, 0.3) is 0 Å². The fraction of sp³-hybridized carbons (Fsp3) is 0.250. The molecule has 0 saturated heterocycles. The number of hydrogen-bond donors (Lipinski definition) is 3. The van der Waals surface area contributed by atoms with Crippen LogP contribution in [0.4, 0.5) is 0 Å². The van der Waals surface area contributed by atoms with Crippen LogP contribution in [-0.4, -0.2) is 36.6 Å². The third-order valence-corrected chi connectivity index (χ3v) is 3.01. The smallest absolute Gasteiger partial charge is 0.306 e. The van der Waals surface area contributed by atoms with E-state index in [2.05, 4.69) is 27.5 Å². The van der Waals surface area contributed by atoms with Crippen molar-refractivity contribution in [1.82, 2.24) is 16.2 Å². The van der Waals surface area contributed by atoms with Gasteiger partial charge in [0, 0.05) is 12.0 Å². The van der Waals surface area contributed by atoms with Gasteiger partial charge >= 0.3 is 5.97 Å². The van der Waals surface area contributed by atoms with Crippen LogP contribution in [-0.2, 0) is 14.3 Å². The molecule has 0 fully saturated rings. The van der Waals surface area contributed by atoms with Crippen LogP contribution in [0.3, 0.4) is 0 Å². The zero-order valence-electron chi connectivity index (χ0n) is 13.7. The standard InChI is InChI=1S/C16H19N3O5S/c1-3-10-24-12-6-4-11(5-7-12)15(22)18-19-16(25)17-13(20)8-9-14(21)23-2/h3-7H,1,8-10H2,2H3,(H,18,22)(H2,17,19,20,25). The van der Waals surface area contributed by atoms with Gasteiger partial charge in [0.2, 0.25) is 5.91 Å². The van der Waals surface area contributed by atoms with Crippen LogP contribution in [0, 0.1) is 0 Å². The molecule has 0 saturated carbocycles. The number of carbonyl (C=O) groups is 3. The van der Waals surface area contributed by atoms with Crippen molar-refractivity contribution in [2.75, 3.05) is 13.7 Å². The van der Waals surface area contributed by atoms with E-state index in [0.717, 1.165) is 0 Å². The Balaban J connectivity index is 2.37. The summed E-state index contributed by atoms with van der Waals surface area (Å²) in [4.78, 5) is 34.4. The highest BCUT2D eigenvalue weighted by molar-refractivity contribution is 7.80. The van der Waals surface area contributed by atoms with Gasteiger partial charge in [-0.25, -0.2) is 0 Å². The van der Waals surface area contributed by atoms with Crippen molar-refractivity contribution in [2.45, 2.75) is 12.8 Å². The lowest BCUT2D eigenvalue weighted by atomic mass is 10.2. The third-order valence-electron chi connectivity index (χ3n) is 2.81. The highest BCUT2D eigenvalue weighted by Gasteiger charge is 2.10. The molecule has 0 aliphatic rings. The summed E-state index contributed by atoms with van der Waals surface area (Å²) >= 11 is 4.87. The number of rotatable bonds is 7. The summed E-state index contributed by atoms with van der Waals surface area (Å²) in [6.07, 6.45) is 1.48. The summed E-state index contributed by atoms with van der Waals surface area (Å²) in [7, 11) is 1.24. The minimum Gasteiger partial charge on any atom is -0.490 e. The van der Waals surface area contributed by atoms with Crippen molar-refractivity contribution in [2.24, 2.45) is 0 Å². The van der Waals surface area contributed by atoms with Crippen LogP contribution in [0.1, 0.15) is 23.2 Å². The Labute approximate surface area is 150 Å². The molecule has 9 heteroatoms. The maximum atomic E-state index is 12.0. The summed E-state index contributed by atoms with van der Waals surface area (Å²) in [6, 6.07) is 6.44. The number of nitrogens with one attached hydrogen (secondary N) is 3. The maximum Gasteiger partial charge on any atom is 0.306 e. The van der Waals surface area contributed by atoms with E-state index in [-0.39, 0.29) is 18.0 Å². The number of amides is 2. The van der Waals surface area contributed by atoms with Gasteiger partial charge < -0.3 is 14.8 Å². The van der Waals surface area contributed by atoms with Crippen LogP contribution >= 0.6 is 12.2 Å². The molecule has 0 aromatic heterocycles. The Morgan fingerprint density at radius 2 is 1.84 bits per heavy atom. The van der Waals surface area contributed by atoms with E-state index in [0.29, 0.717) is 17.9 Å². The monoisotopic (exact) mass is 365 g/mol. The molecule has 1 aromatic rings. The molecular weight excluding hydrogens is 346 g/mol. The van der Waals surface area contributed by atoms with Crippen molar-refractivity contribution < 1.29 is 23.9 Å². The largest absolute Gasteiger partial charge is 0.490 e. The predicted octanol–water partition coefficient (Wildman–Crippen LogP) is 0.840. The Bertz CT molecular complexity index is 646. The zero-order chi connectivity index (χ0) is 18.7. The molecule has 0 radical (unpaired) electrons. The third kappa shape index (κ3) is 7.93. The number of methoxy groups -OCH3 is 1. The average molecular weight is 365 g/mol. The molecule has 0 heterocycles. The van der Waals surface area contributed by atoms with Crippen LogP contribution < -0.4 is 20.9 Å². The Morgan fingerprint density at radius 3 is 2.44 bits per heavy atom. The number of thiocarbonyl (C=S) groups is 1. The second-order valence-electron chi connectivity index (χ2n) is 4.66. The molecular formula is C16H19N3O5S. The lowest BCUT2D eigenvalue weighted by molar-refractivity contribution is -0.142. The highest BCUT2D eigenvalue weighted by Crippen LogP contribution is 2.11. The predicted molar refractivity (Wildman–Crippen MR) is 94.7 cm³/mol. The van der Waals surface area contributed by atoms with E-state index >= 15 is 0 Å². The molecule has 0 spiro atoms. The summed E-state index contributed by atoms with van der Waals surface area (Å²) < 4.78 is 9.74. The van der Waals surface area contributed by atoms with Gasteiger partial charge in [-0.05, 0) is 36.5 Å². The van der Waals surface area contributed by atoms with Crippen LogP contribution in [0.15, 0.2) is 36.9 Å². The number of benzene rings is 1. The van der Waals surface area contributed by atoms with E-state index in [1.807, 2.05) is 0 Å². The van der Waals surface area contributed by atoms with Crippen molar-refractivity contribution in [3.05, 3.63) is 42.5 Å². The van der Waals surface area contributed by atoms with Crippen LogP contribution in [0.5, 0.6) is 5.75 Å². The average Bonchev–Trinajstić information content (AvgIpc) is 2.62. The second kappa shape index (κ2) is 10.8. The molecule has 25 heavy (non-hydrogen) atoms. The first-order valence-corrected chi connectivity index (χ1v) is 7.67. The van der Waals surface area contributed by atoms with Gasteiger partial charge in [0.1, 0.15) is 12.4 Å². The molecule has 134 valence electrons. The molecule has 1 rings (SSSR count). The Kier molecular flexibility index (Phi) is 8.66. The van der Waals surface area contributed by atoms with Crippen LogP contribution in [0.2, 0.25) is 0 Å². The molecule has 0 bridgehead atoms. The van der Waals surface area contributed by atoms with E-state index < -0.39 is 17.8 Å².